The average molecular weight is 338 g/mol. The fourth-order valence-corrected chi connectivity index (χ4v) is 1.99. The molecule has 0 fully saturated rings. The zero-order chi connectivity index (χ0) is 14.5. The first-order chi connectivity index (χ1) is 9.61. The number of esters is 1. The van der Waals surface area contributed by atoms with Gasteiger partial charge < -0.3 is 14.5 Å². The minimum absolute atomic E-state index is 0.282. The zero-order valence-electron chi connectivity index (χ0n) is 10.7. The molecule has 0 spiro atoms. The van der Waals surface area contributed by atoms with Crippen molar-refractivity contribution in [2.24, 2.45) is 0 Å². The van der Waals surface area contributed by atoms with Crippen molar-refractivity contribution in [1.29, 1.82) is 0 Å². The molecule has 0 aliphatic carbocycles. The minimum atomic E-state index is -0.584. The van der Waals surface area contributed by atoms with Gasteiger partial charge in [-0.25, -0.2) is 4.79 Å². The monoisotopic (exact) mass is 337 g/mol. The van der Waals surface area contributed by atoms with Crippen molar-refractivity contribution in [3.05, 3.63) is 52.3 Å². The van der Waals surface area contributed by atoms with Crippen LogP contribution in [0.2, 0.25) is 0 Å². The Kier molecular flexibility index (Phi) is 4.57. The van der Waals surface area contributed by atoms with Gasteiger partial charge in [0.25, 0.3) is 0 Å². The van der Waals surface area contributed by atoms with Crippen molar-refractivity contribution in [2.45, 2.75) is 0 Å². The summed E-state index contributed by atoms with van der Waals surface area (Å²) in [6.07, 6.45) is 1.61. The number of hydrogen-bond acceptors (Lipinski definition) is 4. The van der Waals surface area contributed by atoms with Gasteiger partial charge in [-0.1, -0.05) is 12.1 Å². The number of aromatic nitrogens is 1. The molecule has 5 nitrogen and oxygen atoms in total. The van der Waals surface area contributed by atoms with Crippen molar-refractivity contribution in [3.8, 4) is 5.75 Å². The molecule has 0 bridgehead atoms. The predicted molar refractivity (Wildman–Crippen MR) is 76.1 cm³/mol. The zero-order valence-corrected chi connectivity index (χ0v) is 12.3. The first-order valence-electron chi connectivity index (χ1n) is 5.79. The molecule has 0 atom stereocenters. The number of hydrogen-bond donors (Lipinski definition) is 1. The molecule has 1 N–H and O–H groups in total. The number of nitrogens with one attached hydrogen (secondary N) is 1. The maximum Gasteiger partial charge on any atom is 0.355 e. The molecular formula is C14H12BrNO4. The van der Waals surface area contributed by atoms with Gasteiger partial charge in [-0.2, -0.15) is 0 Å². The lowest BCUT2D eigenvalue weighted by Crippen LogP contribution is -2.15. The van der Waals surface area contributed by atoms with Gasteiger partial charge in [0.2, 0.25) is 5.78 Å². The highest BCUT2D eigenvalue weighted by Crippen LogP contribution is 2.18. The molecule has 1 aromatic heterocycles. The summed E-state index contributed by atoms with van der Waals surface area (Å²) < 4.78 is 10.8. The molecule has 0 saturated heterocycles. The van der Waals surface area contributed by atoms with E-state index >= 15 is 0 Å². The third-order valence-electron chi connectivity index (χ3n) is 2.61. The molecule has 0 saturated carbocycles. The number of ether oxygens (including phenoxy) is 2. The van der Waals surface area contributed by atoms with Gasteiger partial charge in [-0.3, -0.25) is 4.79 Å². The molecule has 1 aromatic carbocycles. The summed E-state index contributed by atoms with van der Waals surface area (Å²) in [4.78, 5) is 26.4. The Labute approximate surface area is 124 Å². The van der Waals surface area contributed by atoms with Gasteiger partial charge >= 0.3 is 5.97 Å². The summed E-state index contributed by atoms with van der Waals surface area (Å²) in [5, 5.41) is 0. The molecule has 6 heteroatoms. The lowest BCUT2D eigenvalue weighted by molar-refractivity contribution is 0.0469. The Morgan fingerprint density at radius 2 is 2.05 bits per heavy atom. The largest absolute Gasteiger partial charge is 0.496 e. The Balaban J connectivity index is 2.00. The van der Waals surface area contributed by atoms with Gasteiger partial charge in [0.15, 0.2) is 6.61 Å². The van der Waals surface area contributed by atoms with Gasteiger partial charge in [0.1, 0.15) is 11.4 Å². The fourth-order valence-electron chi connectivity index (χ4n) is 1.65. The number of carbonyl (C=O) groups excluding carboxylic acids is 2. The van der Waals surface area contributed by atoms with E-state index in [2.05, 4.69) is 20.9 Å². The molecule has 104 valence electrons. The molecule has 2 aromatic rings. The fraction of sp³-hybridized carbons (Fsp3) is 0.143. The van der Waals surface area contributed by atoms with Crippen LogP contribution in [0, 0.1) is 0 Å². The highest BCUT2D eigenvalue weighted by atomic mass is 79.9. The van der Waals surface area contributed by atoms with Crippen LogP contribution >= 0.6 is 15.9 Å². The standard InChI is InChI=1S/C14H12BrNO4/c1-19-13-5-3-2-4-10(13)12(17)8-20-14(18)11-6-9(15)7-16-11/h2-7,16H,8H2,1H3. The highest BCUT2D eigenvalue weighted by molar-refractivity contribution is 9.10. The normalized spacial score (nSPS) is 10.1. The van der Waals surface area contributed by atoms with Gasteiger partial charge in [-0.15, -0.1) is 0 Å². The summed E-state index contributed by atoms with van der Waals surface area (Å²) in [5.41, 5.74) is 0.667. The van der Waals surface area contributed by atoms with Crippen LogP contribution in [0.15, 0.2) is 41.0 Å². The topological polar surface area (TPSA) is 68.4 Å². The lowest BCUT2D eigenvalue weighted by Gasteiger charge is -2.07. The van der Waals surface area contributed by atoms with Gasteiger partial charge in [-0.05, 0) is 34.1 Å². The van der Waals surface area contributed by atoms with E-state index in [0.717, 1.165) is 4.47 Å². The minimum Gasteiger partial charge on any atom is -0.496 e. The summed E-state index contributed by atoms with van der Waals surface area (Å²) in [6.45, 7) is -0.337. The van der Waals surface area contributed by atoms with Crippen LogP contribution in [0.1, 0.15) is 20.8 Å². The maximum atomic E-state index is 12.0. The number of methoxy groups -OCH3 is 1. The van der Waals surface area contributed by atoms with Crippen molar-refractivity contribution in [1.82, 2.24) is 4.98 Å². The van der Waals surface area contributed by atoms with Crippen LogP contribution in [0.5, 0.6) is 5.75 Å². The molecule has 1 heterocycles. The predicted octanol–water partition coefficient (Wildman–Crippen LogP) is 2.83. The van der Waals surface area contributed by atoms with Crippen LogP contribution in [-0.2, 0) is 4.74 Å². The van der Waals surface area contributed by atoms with Crippen LogP contribution in [0.3, 0.4) is 0 Å². The molecule has 0 amide bonds. The first kappa shape index (κ1) is 14.3. The van der Waals surface area contributed by atoms with Crippen molar-refractivity contribution >= 4 is 27.7 Å². The number of halogens is 1. The number of benzene rings is 1. The molecule has 0 aliphatic rings. The maximum absolute atomic E-state index is 12.0. The molecule has 0 unspecified atom stereocenters. The van der Waals surface area contributed by atoms with Crippen LogP contribution in [0.25, 0.3) is 0 Å². The van der Waals surface area contributed by atoms with Crippen molar-refractivity contribution in [2.75, 3.05) is 13.7 Å². The van der Waals surface area contributed by atoms with Gasteiger partial charge in [0.05, 0.1) is 12.7 Å². The van der Waals surface area contributed by atoms with Crippen LogP contribution < -0.4 is 4.74 Å². The Hall–Kier alpha value is -2.08. The van der Waals surface area contributed by atoms with E-state index in [1.807, 2.05) is 0 Å². The van der Waals surface area contributed by atoms with E-state index in [1.54, 1.807) is 36.5 Å². The molecular weight excluding hydrogens is 326 g/mol. The molecule has 20 heavy (non-hydrogen) atoms. The van der Waals surface area contributed by atoms with Crippen LogP contribution in [-0.4, -0.2) is 30.5 Å². The second kappa shape index (κ2) is 6.38. The van der Waals surface area contributed by atoms with E-state index in [0.29, 0.717) is 11.3 Å². The Morgan fingerprint density at radius 3 is 2.70 bits per heavy atom. The average Bonchev–Trinajstić information content (AvgIpc) is 2.91. The Bertz CT molecular complexity index is 636. The number of para-hydroxylation sites is 1. The number of Topliss-reactive ketones (excluding diaryl/α,β-unsaturated/α-hetero) is 1. The molecule has 0 aliphatic heterocycles. The van der Waals surface area contributed by atoms with Crippen LogP contribution in [0.4, 0.5) is 0 Å². The van der Waals surface area contributed by atoms with E-state index in [9.17, 15) is 9.59 Å². The van der Waals surface area contributed by atoms with E-state index in [4.69, 9.17) is 9.47 Å². The number of ketones is 1. The Morgan fingerprint density at radius 1 is 1.30 bits per heavy atom. The molecule has 2 rings (SSSR count). The third-order valence-corrected chi connectivity index (χ3v) is 3.07. The highest BCUT2D eigenvalue weighted by Gasteiger charge is 2.15. The number of rotatable bonds is 5. The first-order valence-corrected chi connectivity index (χ1v) is 6.58. The SMILES string of the molecule is COc1ccccc1C(=O)COC(=O)c1cc(Br)c[nH]1. The summed E-state index contributed by atoms with van der Waals surface area (Å²) in [6, 6.07) is 8.37. The lowest BCUT2D eigenvalue weighted by atomic mass is 10.1. The van der Waals surface area contributed by atoms with Gasteiger partial charge in [0, 0.05) is 10.7 Å². The second-order valence-corrected chi connectivity index (χ2v) is 4.85. The summed E-state index contributed by atoms with van der Waals surface area (Å²) >= 11 is 3.21. The molecule has 0 radical (unpaired) electrons. The third kappa shape index (κ3) is 3.27. The number of carbonyl (C=O) groups is 2. The summed E-state index contributed by atoms with van der Waals surface area (Å²) in [7, 11) is 1.48. The number of aromatic amines is 1. The summed E-state index contributed by atoms with van der Waals surface area (Å²) in [5.74, 6) is -0.448. The van der Waals surface area contributed by atoms with E-state index < -0.39 is 5.97 Å². The quantitative estimate of drug-likeness (QED) is 0.672. The number of H-pyrrole nitrogens is 1. The smallest absolute Gasteiger partial charge is 0.355 e. The van der Waals surface area contributed by atoms with E-state index in [-0.39, 0.29) is 18.1 Å². The van der Waals surface area contributed by atoms with Crippen molar-refractivity contribution in [3.63, 3.8) is 0 Å². The van der Waals surface area contributed by atoms with Crippen molar-refractivity contribution < 1.29 is 19.1 Å². The second-order valence-electron chi connectivity index (χ2n) is 3.93. The van der Waals surface area contributed by atoms with E-state index in [1.165, 1.54) is 7.11 Å².